The third kappa shape index (κ3) is 4.43. The molecule has 26 heavy (non-hydrogen) atoms. The van der Waals surface area contributed by atoms with Crippen LogP contribution in [0.4, 0.5) is 5.82 Å². The maximum atomic E-state index is 12.5. The first kappa shape index (κ1) is 18.5. The van der Waals surface area contributed by atoms with Crippen LogP contribution < -0.4 is 10.1 Å². The Hall–Kier alpha value is -2.34. The molecular formula is C19H23ClN4O2. The zero-order valence-electron chi connectivity index (χ0n) is 14.9. The summed E-state index contributed by atoms with van der Waals surface area (Å²) in [6.07, 6.45) is 6.57. The number of pyridine rings is 2. The van der Waals surface area contributed by atoms with E-state index in [2.05, 4.69) is 15.3 Å². The van der Waals surface area contributed by atoms with Crippen molar-refractivity contribution in [1.82, 2.24) is 14.9 Å². The molecule has 0 aromatic carbocycles. The Bertz CT molecular complexity index is 763. The Morgan fingerprint density at radius 2 is 2.12 bits per heavy atom. The molecule has 0 radical (unpaired) electrons. The average molecular weight is 375 g/mol. The minimum Gasteiger partial charge on any atom is -0.478 e. The van der Waals surface area contributed by atoms with Gasteiger partial charge < -0.3 is 15.0 Å². The van der Waals surface area contributed by atoms with Crippen LogP contribution in [0.2, 0.25) is 5.02 Å². The topological polar surface area (TPSA) is 67.3 Å². The van der Waals surface area contributed by atoms with Gasteiger partial charge in [0.25, 0.3) is 5.91 Å². The number of rotatable bonds is 6. The van der Waals surface area contributed by atoms with Crippen molar-refractivity contribution < 1.29 is 9.53 Å². The van der Waals surface area contributed by atoms with E-state index in [0.29, 0.717) is 35.4 Å². The number of anilines is 1. The van der Waals surface area contributed by atoms with Gasteiger partial charge >= 0.3 is 0 Å². The summed E-state index contributed by atoms with van der Waals surface area (Å²) in [6.45, 7) is 4.56. The lowest BCUT2D eigenvalue weighted by molar-refractivity contribution is 0.0724. The number of nitrogens with one attached hydrogen (secondary N) is 1. The van der Waals surface area contributed by atoms with Gasteiger partial charge in [0.2, 0.25) is 5.88 Å². The molecule has 0 aliphatic carbocycles. The monoisotopic (exact) mass is 374 g/mol. The number of piperidine rings is 1. The number of amides is 1. The van der Waals surface area contributed by atoms with E-state index < -0.39 is 0 Å². The normalized spacial score (nSPS) is 14.2. The molecule has 1 fully saturated rings. The maximum Gasteiger partial charge on any atom is 0.255 e. The Morgan fingerprint density at radius 3 is 2.85 bits per heavy atom. The van der Waals surface area contributed by atoms with Crippen LogP contribution in [-0.4, -0.2) is 40.5 Å². The molecule has 0 saturated carbocycles. The number of carbonyl (C=O) groups is 1. The molecule has 3 rings (SSSR count). The second-order valence-corrected chi connectivity index (χ2v) is 6.57. The number of halogens is 1. The highest BCUT2D eigenvalue weighted by molar-refractivity contribution is 6.33. The fourth-order valence-electron chi connectivity index (χ4n) is 2.97. The predicted octanol–water partition coefficient (Wildman–Crippen LogP) is 3.77. The van der Waals surface area contributed by atoms with Crippen LogP contribution in [0.3, 0.4) is 0 Å². The zero-order chi connectivity index (χ0) is 18.4. The van der Waals surface area contributed by atoms with E-state index in [0.717, 1.165) is 31.5 Å². The number of hydrogen-bond donors (Lipinski definition) is 1. The van der Waals surface area contributed by atoms with Crippen molar-refractivity contribution >= 4 is 23.3 Å². The zero-order valence-corrected chi connectivity index (χ0v) is 15.6. The molecule has 2 aromatic heterocycles. The fourth-order valence-corrected chi connectivity index (χ4v) is 3.20. The van der Waals surface area contributed by atoms with Crippen molar-refractivity contribution in [1.29, 1.82) is 0 Å². The van der Waals surface area contributed by atoms with Gasteiger partial charge in [-0.25, -0.2) is 9.97 Å². The Labute approximate surface area is 158 Å². The highest BCUT2D eigenvalue weighted by Crippen LogP contribution is 2.23. The van der Waals surface area contributed by atoms with Crippen molar-refractivity contribution in [3.63, 3.8) is 0 Å². The summed E-state index contributed by atoms with van der Waals surface area (Å²) in [7, 11) is 0. The molecule has 1 N–H and O–H groups in total. The Balaban J connectivity index is 1.67. The van der Waals surface area contributed by atoms with Crippen molar-refractivity contribution in [3.05, 3.63) is 46.7 Å². The SMILES string of the molecule is CCOc1ncccc1CNc1ncc(C(=O)N2CCCCC2)cc1Cl. The molecule has 3 heterocycles. The van der Waals surface area contributed by atoms with E-state index in [1.165, 1.54) is 6.42 Å². The van der Waals surface area contributed by atoms with E-state index in [1.807, 2.05) is 24.0 Å². The summed E-state index contributed by atoms with van der Waals surface area (Å²) in [5, 5.41) is 3.61. The quantitative estimate of drug-likeness (QED) is 0.833. The van der Waals surface area contributed by atoms with Crippen LogP contribution in [0.5, 0.6) is 5.88 Å². The molecule has 6 nitrogen and oxygen atoms in total. The van der Waals surface area contributed by atoms with Crippen molar-refractivity contribution in [3.8, 4) is 5.88 Å². The van der Waals surface area contributed by atoms with E-state index in [1.54, 1.807) is 18.5 Å². The second kappa shape index (κ2) is 8.85. The average Bonchev–Trinajstić information content (AvgIpc) is 2.68. The van der Waals surface area contributed by atoms with Gasteiger partial charge in [-0.05, 0) is 38.3 Å². The molecule has 2 aromatic rings. The first-order valence-electron chi connectivity index (χ1n) is 8.94. The van der Waals surface area contributed by atoms with Crippen molar-refractivity contribution in [2.75, 3.05) is 25.0 Å². The van der Waals surface area contributed by atoms with Gasteiger partial charge in [0.1, 0.15) is 5.82 Å². The maximum absolute atomic E-state index is 12.5. The lowest BCUT2D eigenvalue weighted by Crippen LogP contribution is -2.35. The molecular weight excluding hydrogens is 352 g/mol. The standard InChI is InChI=1S/C19H23ClN4O2/c1-2-26-18-14(7-6-8-21-18)12-22-17-16(20)11-15(13-23-17)19(25)24-9-4-3-5-10-24/h6-8,11,13H,2-5,9-10,12H2,1H3,(H,22,23). The Kier molecular flexibility index (Phi) is 6.28. The van der Waals surface area contributed by atoms with Crippen LogP contribution >= 0.6 is 11.6 Å². The molecule has 1 saturated heterocycles. The fraction of sp³-hybridized carbons (Fsp3) is 0.421. The molecule has 0 bridgehead atoms. The number of carbonyl (C=O) groups excluding carboxylic acids is 1. The largest absolute Gasteiger partial charge is 0.478 e. The molecule has 0 atom stereocenters. The van der Waals surface area contributed by atoms with Gasteiger partial charge in [-0.15, -0.1) is 0 Å². The van der Waals surface area contributed by atoms with E-state index in [9.17, 15) is 4.79 Å². The number of ether oxygens (including phenoxy) is 1. The smallest absolute Gasteiger partial charge is 0.255 e. The van der Waals surface area contributed by atoms with Gasteiger partial charge in [-0.2, -0.15) is 0 Å². The number of aromatic nitrogens is 2. The summed E-state index contributed by atoms with van der Waals surface area (Å²) in [5.41, 5.74) is 1.44. The third-order valence-corrected chi connectivity index (χ3v) is 4.60. The number of nitrogens with zero attached hydrogens (tertiary/aromatic N) is 3. The molecule has 1 amide bonds. The van der Waals surface area contributed by atoms with Crippen LogP contribution in [0, 0.1) is 0 Å². The lowest BCUT2D eigenvalue weighted by atomic mass is 10.1. The summed E-state index contributed by atoms with van der Waals surface area (Å²) in [5.74, 6) is 1.13. The van der Waals surface area contributed by atoms with E-state index in [-0.39, 0.29) is 5.91 Å². The van der Waals surface area contributed by atoms with Gasteiger partial charge in [-0.1, -0.05) is 17.7 Å². The van der Waals surface area contributed by atoms with E-state index in [4.69, 9.17) is 16.3 Å². The first-order valence-corrected chi connectivity index (χ1v) is 9.32. The summed E-state index contributed by atoms with van der Waals surface area (Å²) < 4.78 is 5.52. The van der Waals surface area contributed by atoms with Crippen LogP contribution in [0.25, 0.3) is 0 Å². The number of likely N-dealkylation sites (tertiary alicyclic amines) is 1. The van der Waals surface area contributed by atoms with Gasteiger partial charge in [-0.3, -0.25) is 4.79 Å². The van der Waals surface area contributed by atoms with Crippen LogP contribution in [0.15, 0.2) is 30.6 Å². The van der Waals surface area contributed by atoms with Gasteiger partial charge in [0, 0.05) is 37.6 Å². The van der Waals surface area contributed by atoms with Crippen LogP contribution in [-0.2, 0) is 6.54 Å². The lowest BCUT2D eigenvalue weighted by Gasteiger charge is -2.26. The van der Waals surface area contributed by atoms with Crippen molar-refractivity contribution in [2.45, 2.75) is 32.7 Å². The molecule has 0 unspecified atom stereocenters. The first-order chi connectivity index (χ1) is 12.7. The minimum atomic E-state index is -0.00320. The highest BCUT2D eigenvalue weighted by Gasteiger charge is 2.19. The Morgan fingerprint density at radius 1 is 1.31 bits per heavy atom. The van der Waals surface area contributed by atoms with Gasteiger partial charge in [0.15, 0.2) is 0 Å². The molecule has 1 aliphatic rings. The summed E-state index contributed by atoms with van der Waals surface area (Å²) >= 11 is 6.34. The summed E-state index contributed by atoms with van der Waals surface area (Å²) in [4.78, 5) is 23.0. The number of hydrogen-bond acceptors (Lipinski definition) is 5. The summed E-state index contributed by atoms with van der Waals surface area (Å²) in [6, 6.07) is 5.47. The third-order valence-electron chi connectivity index (χ3n) is 4.31. The van der Waals surface area contributed by atoms with Crippen molar-refractivity contribution in [2.24, 2.45) is 0 Å². The van der Waals surface area contributed by atoms with E-state index >= 15 is 0 Å². The predicted molar refractivity (Wildman–Crippen MR) is 102 cm³/mol. The molecule has 1 aliphatic heterocycles. The molecule has 138 valence electrons. The minimum absolute atomic E-state index is 0.00320. The second-order valence-electron chi connectivity index (χ2n) is 6.16. The highest BCUT2D eigenvalue weighted by atomic mass is 35.5. The van der Waals surface area contributed by atoms with Crippen LogP contribution in [0.1, 0.15) is 42.1 Å². The molecule has 7 heteroatoms. The molecule has 0 spiro atoms. The van der Waals surface area contributed by atoms with Gasteiger partial charge in [0.05, 0.1) is 17.2 Å².